The Morgan fingerprint density at radius 1 is 1.30 bits per heavy atom. The van der Waals surface area contributed by atoms with Crippen molar-refractivity contribution in [3.05, 3.63) is 33.7 Å². The van der Waals surface area contributed by atoms with E-state index in [9.17, 15) is 26.4 Å². The molecule has 0 saturated heterocycles. The van der Waals surface area contributed by atoms with E-state index in [2.05, 4.69) is 14.7 Å². The topological polar surface area (TPSA) is 93.9 Å². The second-order valence-electron chi connectivity index (χ2n) is 6.07. The molecule has 0 aliphatic rings. The van der Waals surface area contributed by atoms with Gasteiger partial charge in [0.1, 0.15) is 11.5 Å². The Labute approximate surface area is 187 Å². The molecule has 0 aliphatic carbocycles. The first-order valence-corrected chi connectivity index (χ1v) is 11.9. The highest BCUT2D eigenvalue weighted by Crippen LogP contribution is 2.36. The van der Waals surface area contributed by atoms with E-state index < -0.39 is 21.7 Å². The van der Waals surface area contributed by atoms with E-state index in [0.29, 0.717) is 20.4 Å². The lowest BCUT2D eigenvalue weighted by atomic mass is 10.2. The SMILES string of the molecule is CCS(=O)(=O)c1cc(SNC=O)c(I)cc1-c1nc2cc(C(F)(F)F)ncc2n1C. The maximum atomic E-state index is 13.0. The van der Waals surface area contributed by atoms with Crippen molar-refractivity contribution < 1.29 is 26.4 Å². The molecule has 1 amide bonds. The molecule has 0 bridgehead atoms. The van der Waals surface area contributed by atoms with Crippen LogP contribution >= 0.6 is 34.5 Å². The number of pyridine rings is 1. The minimum Gasteiger partial charge on any atom is -0.326 e. The number of hydrogen-bond donors (Lipinski definition) is 1. The van der Waals surface area contributed by atoms with Crippen LogP contribution in [-0.2, 0) is 27.9 Å². The van der Waals surface area contributed by atoms with Crippen molar-refractivity contribution in [2.45, 2.75) is 22.9 Å². The molecule has 0 unspecified atom stereocenters. The molecule has 0 aliphatic heterocycles. The summed E-state index contributed by atoms with van der Waals surface area (Å²) in [5.41, 5.74) is -0.453. The lowest BCUT2D eigenvalue weighted by molar-refractivity contribution is -0.141. The van der Waals surface area contributed by atoms with Gasteiger partial charge in [-0.15, -0.1) is 0 Å². The molecule has 1 N–H and O–H groups in total. The largest absolute Gasteiger partial charge is 0.433 e. The van der Waals surface area contributed by atoms with E-state index in [0.717, 1.165) is 24.2 Å². The maximum Gasteiger partial charge on any atom is 0.433 e. The molecule has 0 spiro atoms. The molecule has 0 fully saturated rings. The van der Waals surface area contributed by atoms with Gasteiger partial charge in [0, 0.05) is 21.1 Å². The quantitative estimate of drug-likeness (QED) is 0.276. The third-order valence-corrected chi connectivity index (χ3v) is 8.06. The number of imidazole rings is 1. The van der Waals surface area contributed by atoms with Crippen molar-refractivity contribution in [2.75, 3.05) is 5.75 Å². The minimum atomic E-state index is -4.62. The Bertz CT molecular complexity index is 1240. The van der Waals surface area contributed by atoms with Gasteiger partial charge in [-0.1, -0.05) is 6.92 Å². The monoisotopic (exact) mass is 570 g/mol. The molecular formula is C17H14F3IN4O3S2. The fraction of sp³-hybridized carbons (Fsp3) is 0.235. The molecule has 0 radical (unpaired) electrons. The molecule has 1 aromatic carbocycles. The highest BCUT2D eigenvalue weighted by molar-refractivity contribution is 14.1. The Morgan fingerprint density at radius 2 is 2.00 bits per heavy atom. The van der Waals surface area contributed by atoms with Gasteiger partial charge in [-0.3, -0.25) is 9.52 Å². The second-order valence-corrected chi connectivity index (χ2v) is 10.4. The van der Waals surface area contributed by atoms with E-state index in [-0.39, 0.29) is 27.6 Å². The molecule has 160 valence electrons. The van der Waals surface area contributed by atoms with E-state index in [1.54, 1.807) is 13.1 Å². The van der Waals surface area contributed by atoms with Crippen molar-refractivity contribution in [2.24, 2.45) is 7.05 Å². The lowest BCUT2D eigenvalue weighted by Gasteiger charge is -2.13. The first kappa shape index (κ1) is 22.8. The Kier molecular flexibility index (Phi) is 6.34. The third-order valence-electron chi connectivity index (χ3n) is 4.26. The smallest absolute Gasteiger partial charge is 0.326 e. The summed E-state index contributed by atoms with van der Waals surface area (Å²) in [7, 11) is -2.13. The van der Waals surface area contributed by atoms with Crippen LogP contribution in [0.5, 0.6) is 0 Å². The fourth-order valence-corrected chi connectivity index (χ4v) is 5.25. The zero-order valence-electron chi connectivity index (χ0n) is 15.5. The van der Waals surface area contributed by atoms with Crippen LogP contribution < -0.4 is 4.72 Å². The number of carbonyl (C=O) groups excluding carboxylic acids is 1. The van der Waals surface area contributed by atoms with Crippen molar-refractivity contribution in [1.82, 2.24) is 19.3 Å². The van der Waals surface area contributed by atoms with Crippen molar-refractivity contribution in [3.8, 4) is 11.4 Å². The highest BCUT2D eigenvalue weighted by Gasteiger charge is 2.33. The zero-order valence-corrected chi connectivity index (χ0v) is 19.3. The molecule has 0 atom stereocenters. The van der Waals surface area contributed by atoms with Gasteiger partial charge >= 0.3 is 6.18 Å². The summed E-state index contributed by atoms with van der Waals surface area (Å²) < 4.78 is 69.0. The zero-order chi connectivity index (χ0) is 22.3. The number of hydrogen-bond acceptors (Lipinski definition) is 6. The molecular weight excluding hydrogens is 556 g/mol. The Hall–Kier alpha value is -1.87. The average molecular weight is 570 g/mol. The standard InChI is InChI=1S/C17H14F3IN4O3S2/c1-3-30(27,28)14-6-13(29-23-8-26)10(21)4-9(14)16-24-11-5-15(17(18,19)20)22-7-12(11)25(16)2/h4-8H,3H2,1-2H3,(H,23,26). The number of amides is 1. The molecule has 3 aromatic rings. The van der Waals surface area contributed by atoms with Crippen LogP contribution in [0.25, 0.3) is 22.4 Å². The number of benzene rings is 1. The molecule has 0 saturated carbocycles. The van der Waals surface area contributed by atoms with E-state index in [1.807, 2.05) is 22.6 Å². The number of fused-ring (bicyclic) bond motifs is 1. The van der Waals surface area contributed by atoms with Gasteiger partial charge < -0.3 is 4.57 Å². The van der Waals surface area contributed by atoms with Gasteiger partial charge in [0.25, 0.3) is 0 Å². The van der Waals surface area contributed by atoms with Crippen LogP contribution in [0.4, 0.5) is 13.2 Å². The van der Waals surface area contributed by atoms with Gasteiger partial charge in [0.05, 0.1) is 27.9 Å². The number of aromatic nitrogens is 3. The number of nitrogens with zero attached hydrogens (tertiary/aromatic N) is 3. The van der Waals surface area contributed by atoms with Gasteiger partial charge in [0.15, 0.2) is 9.84 Å². The van der Waals surface area contributed by atoms with Crippen LogP contribution in [0.3, 0.4) is 0 Å². The summed E-state index contributed by atoms with van der Waals surface area (Å²) in [6, 6.07) is 3.84. The number of carbonyl (C=O) groups is 1. The summed E-state index contributed by atoms with van der Waals surface area (Å²) in [5, 5.41) is 0. The normalized spacial score (nSPS) is 12.3. The highest BCUT2D eigenvalue weighted by atomic mass is 127. The predicted octanol–water partition coefficient (Wildman–Crippen LogP) is 3.81. The van der Waals surface area contributed by atoms with Crippen LogP contribution in [0.15, 0.2) is 34.2 Å². The van der Waals surface area contributed by atoms with Crippen molar-refractivity contribution in [3.63, 3.8) is 0 Å². The Morgan fingerprint density at radius 3 is 2.60 bits per heavy atom. The summed E-state index contributed by atoms with van der Waals surface area (Å²) >= 11 is 2.94. The summed E-state index contributed by atoms with van der Waals surface area (Å²) in [4.78, 5) is 18.8. The number of nitrogens with one attached hydrogen (secondary N) is 1. The molecule has 7 nitrogen and oxygen atoms in total. The van der Waals surface area contributed by atoms with Crippen LogP contribution in [-0.4, -0.2) is 35.1 Å². The fourth-order valence-electron chi connectivity index (χ4n) is 2.77. The molecule has 3 rings (SSSR count). The predicted molar refractivity (Wildman–Crippen MR) is 114 cm³/mol. The van der Waals surface area contributed by atoms with Crippen LogP contribution in [0.1, 0.15) is 12.6 Å². The number of halogens is 4. The summed E-state index contributed by atoms with van der Waals surface area (Å²) in [6.07, 6.45) is -3.09. The van der Waals surface area contributed by atoms with Crippen LogP contribution in [0.2, 0.25) is 0 Å². The minimum absolute atomic E-state index is 0.0250. The second kappa shape index (κ2) is 8.34. The van der Waals surface area contributed by atoms with Gasteiger partial charge in [-0.05, 0) is 52.7 Å². The number of rotatable bonds is 6. The van der Waals surface area contributed by atoms with E-state index in [1.165, 1.54) is 17.6 Å². The van der Waals surface area contributed by atoms with Gasteiger partial charge in [-0.25, -0.2) is 18.4 Å². The number of aryl methyl sites for hydroxylation is 1. The molecule has 13 heteroatoms. The lowest BCUT2D eigenvalue weighted by Crippen LogP contribution is -2.09. The first-order chi connectivity index (χ1) is 14.0. The van der Waals surface area contributed by atoms with Crippen molar-refractivity contribution >= 4 is 61.8 Å². The molecule has 2 aromatic heterocycles. The average Bonchev–Trinajstić information content (AvgIpc) is 3.02. The van der Waals surface area contributed by atoms with Gasteiger partial charge in [0.2, 0.25) is 6.41 Å². The Balaban J connectivity index is 2.28. The molecule has 30 heavy (non-hydrogen) atoms. The van der Waals surface area contributed by atoms with E-state index >= 15 is 0 Å². The summed E-state index contributed by atoms with van der Waals surface area (Å²) in [5.74, 6) is 0.00571. The molecule has 2 heterocycles. The van der Waals surface area contributed by atoms with Crippen molar-refractivity contribution in [1.29, 1.82) is 0 Å². The number of sulfone groups is 1. The maximum absolute atomic E-state index is 13.0. The first-order valence-electron chi connectivity index (χ1n) is 8.32. The van der Waals surface area contributed by atoms with Gasteiger partial charge in [-0.2, -0.15) is 13.2 Å². The van der Waals surface area contributed by atoms with E-state index in [4.69, 9.17) is 0 Å². The third kappa shape index (κ3) is 4.27. The van der Waals surface area contributed by atoms with Crippen LogP contribution in [0, 0.1) is 3.57 Å². The summed E-state index contributed by atoms with van der Waals surface area (Å²) in [6.45, 7) is 1.49. The number of alkyl halides is 3.